The van der Waals surface area contributed by atoms with Gasteiger partial charge in [-0.05, 0) is 17.7 Å². The van der Waals surface area contributed by atoms with Gasteiger partial charge in [0.1, 0.15) is 11.5 Å². The molecule has 1 aromatic heterocycles. The predicted octanol–water partition coefficient (Wildman–Crippen LogP) is 0.987. The van der Waals surface area contributed by atoms with Crippen LogP contribution in [0.2, 0.25) is 0 Å². The topological polar surface area (TPSA) is 59.8 Å². The van der Waals surface area contributed by atoms with Gasteiger partial charge in [-0.3, -0.25) is 4.79 Å². The molecule has 6 heteroatoms. The highest BCUT2D eigenvalue weighted by Gasteiger charge is 2.21. The normalized spacial score (nSPS) is 15.2. The van der Waals surface area contributed by atoms with Gasteiger partial charge in [0.05, 0.1) is 12.2 Å². The molecule has 1 aliphatic heterocycles. The molecule has 1 aliphatic rings. The van der Waals surface area contributed by atoms with Crippen LogP contribution in [-0.2, 0) is 6.42 Å². The summed E-state index contributed by atoms with van der Waals surface area (Å²) in [4.78, 5) is 12.0. The molecular formula is C13H13FN4O. The minimum absolute atomic E-state index is 0.106. The lowest BCUT2D eigenvalue weighted by Crippen LogP contribution is -2.43. The molecule has 0 radical (unpaired) electrons. The first-order valence-corrected chi connectivity index (χ1v) is 6.12. The van der Waals surface area contributed by atoms with Crippen molar-refractivity contribution in [2.45, 2.75) is 12.5 Å². The number of aromatic nitrogens is 3. The summed E-state index contributed by atoms with van der Waals surface area (Å²) in [7, 11) is 0. The first-order chi connectivity index (χ1) is 9.22. The molecule has 2 aromatic rings. The Labute approximate surface area is 109 Å². The third-order valence-corrected chi connectivity index (χ3v) is 3.21. The largest absolute Gasteiger partial charge is 0.312 e. The van der Waals surface area contributed by atoms with Crippen LogP contribution in [0.4, 0.5) is 4.39 Å². The van der Waals surface area contributed by atoms with Crippen LogP contribution in [0.1, 0.15) is 22.1 Å². The zero-order valence-corrected chi connectivity index (χ0v) is 10.2. The fourth-order valence-electron chi connectivity index (χ4n) is 1.92. The fourth-order valence-corrected chi connectivity index (χ4v) is 1.92. The van der Waals surface area contributed by atoms with Crippen LogP contribution in [0, 0.1) is 5.82 Å². The number of Topliss-reactive ketones (excluding diaryl/α,β-unsaturated/α-hetero) is 1. The molecule has 1 fully saturated rings. The Morgan fingerprint density at radius 3 is 2.74 bits per heavy atom. The van der Waals surface area contributed by atoms with Gasteiger partial charge < -0.3 is 5.32 Å². The fraction of sp³-hybridized carbons (Fsp3) is 0.308. The van der Waals surface area contributed by atoms with Gasteiger partial charge in [0, 0.05) is 19.5 Å². The average Bonchev–Trinajstić information content (AvgIpc) is 2.79. The Hall–Kier alpha value is -2.08. The van der Waals surface area contributed by atoms with Crippen molar-refractivity contribution in [3.63, 3.8) is 0 Å². The summed E-state index contributed by atoms with van der Waals surface area (Å²) in [5.74, 6) is -0.412. The minimum Gasteiger partial charge on any atom is -0.312 e. The number of nitrogens with zero attached hydrogens (tertiary/aromatic N) is 3. The van der Waals surface area contributed by atoms with Crippen molar-refractivity contribution < 1.29 is 9.18 Å². The van der Waals surface area contributed by atoms with E-state index in [1.165, 1.54) is 12.1 Å². The first-order valence-electron chi connectivity index (χ1n) is 6.12. The number of hydrogen-bond acceptors (Lipinski definition) is 4. The van der Waals surface area contributed by atoms with E-state index in [0.29, 0.717) is 11.7 Å². The molecule has 0 spiro atoms. The molecular weight excluding hydrogens is 247 g/mol. The second-order valence-electron chi connectivity index (χ2n) is 4.62. The summed E-state index contributed by atoms with van der Waals surface area (Å²) in [6, 6.07) is 6.19. The lowest BCUT2D eigenvalue weighted by atomic mass is 10.1. The Balaban J connectivity index is 1.69. The third-order valence-electron chi connectivity index (χ3n) is 3.21. The van der Waals surface area contributed by atoms with Gasteiger partial charge >= 0.3 is 0 Å². The quantitative estimate of drug-likeness (QED) is 0.833. The van der Waals surface area contributed by atoms with E-state index in [1.807, 2.05) is 0 Å². The highest BCUT2D eigenvalue weighted by Crippen LogP contribution is 2.12. The van der Waals surface area contributed by atoms with Crippen LogP contribution in [-0.4, -0.2) is 33.9 Å². The molecule has 0 aliphatic carbocycles. The summed E-state index contributed by atoms with van der Waals surface area (Å²) in [6.07, 6.45) is 1.89. The van der Waals surface area contributed by atoms with Crippen molar-refractivity contribution in [2.75, 3.05) is 13.1 Å². The molecule has 3 rings (SSSR count). The van der Waals surface area contributed by atoms with Crippen molar-refractivity contribution >= 4 is 5.78 Å². The summed E-state index contributed by atoms with van der Waals surface area (Å²) in [5.41, 5.74) is 1.13. The van der Waals surface area contributed by atoms with Crippen LogP contribution in [0.3, 0.4) is 0 Å². The van der Waals surface area contributed by atoms with Crippen LogP contribution in [0.15, 0.2) is 30.5 Å². The number of rotatable bonds is 4. The lowest BCUT2D eigenvalue weighted by Gasteiger charge is -2.26. The summed E-state index contributed by atoms with van der Waals surface area (Å²) < 4.78 is 14.5. The monoisotopic (exact) mass is 260 g/mol. The molecule has 5 nitrogen and oxygen atoms in total. The third kappa shape index (κ3) is 2.53. The smallest absolute Gasteiger partial charge is 0.189 e. The highest BCUT2D eigenvalue weighted by molar-refractivity contribution is 5.95. The zero-order chi connectivity index (χ0) is 13.2. The van der Waals surface area contributed by atoms with E-state index in [4.69, 9.17) is 0 Å². The Kier molecular flexibility index (Phi) is 3.08. The molecule has 19 heavy (non-hydrogen) atoms. The Morgan fingerprint density at radius 2 is 2.11 bits per heavy atom. The van der Waals surface area contributed by atoms with Crippen LogP contribution in [0.25, 0.3) is 0 Å². The molecule has 2 heterocycles. The van der Waals surface area contributed by atoms with Crippen LogP contribution >= 0.6 is 0 Å². The van der Waals surface area contributed by atoms with Gasteiger partial charge in [-0.25, -0.2) is 9.07 Å². The van der Waals surface area contributed by atoms with Crippen molar-refractivity contribution in [1.29, 1.82) is 0 Å². The maximum absolute atomic E-state index is 12.8. The van der Waals surface area contributed by atoms with Gasteiger partial charge in [0.2, 0.25) is 0 Å². The van der Waals surface area contributed by atoms with Crippen molar-refractivity contribution in [2.24, 2.45) is 0 Å². The second-order valence-corrected chi connectivity index (χ2v) is 4.62. The zero-order valence-electron chi connectivity index (χ0n) is 10.2. The number of benzene rings is 1. The predicted molar refractivity (Wildman–Crippen MR) is 66.4 cm³/mol. The minimum atomic E-state index is -0.306. The van der Waals surface area contributed by atoms with Crippen LogP contribution in [0.5, 0.6) is 0 Å². The highest BCUT2D eigenvalue weighted by atomic mass is 19.1. The molecule has 1 aromatic carbocycles. The number of ketones is 1. The average molecular weight is 260 g/mol. The molecule has 0 saturated carbocycles. The van der Waals surface area contributed by atoms with E-state index in [2.05, 4.69) is 15.6 Å². The molecule has 0 amide bonds. The molecule has 0 unspecified atom stereocenters. The summed E-state index contributed by atoms with van der Waals surface area (Å²) >= 11 is 0. The van der Waals surface area contributed by atoms with E-state index >= 15 is 0 Å². The van der Waals surface area contributed by atoms with E-state index in [1.54, 1.807) is 23.0 Å². The Morgan fingerprint density at radius 1 is 1.37 bits per heavy atom. The van der Waals surface area contributed by atoms with Crippen molar-refractivity contribution in [3.05, 3.63) is 47.5 Å². The van der Waals surface area contributed by atoms with Gasteiger partial charge in [0.15, 0.2) is 5.78 Å². The van der Waals surface area contributed by atoms with Gasteiger partial charge in [-0.2, -0.15) is 0 Å². The van der Waals surface area contributed by atoms with Crippen molar-refractivity contribution in [1.82, 2.24) is 20.3 Å². The summed E-state index contributed by atoms with van der Waals surface area (Å²) in [6.45, 7) is 1.71. The molecule has 0 bridgehead atoms. The van der Waals surface area contributed by atoms with Crippen molar-refractivity contribution in [3.8, 4) is 0 Å². The molecule has 0 atom stereocenters. The molecule has 1 N–H and O–H groups in total. The van der Waals surface area contributed by atoms with Gasteiger partial charge in [0.25, 0.3) is 0 Å². The van der Waals surface area contributed by atoms with E-state index in [0.717, 1.165) is 18.7 Å². The Bertz CT molecular complexity index is 589. The number of carbonyl (C=O) groups is 1. The van der Waals surface area contributed by atoms with Crippen LogP contribution < -0.4 is 5.32 Å². The van der Waals surface area contributed by atoms with Gasteiger partial charge in [-0.15, -0.1) is 5.10 Å². The lowest BCUT2D eigenvalue weighted by molar-refractivity contribution is 0.0988. The van der Waals surface area contributed by atoms with E-state index in [9.17, 15) is 9.18 Å². The maximum atomic E-state index is 12.8. The SMILES string of the molecule is O=C(Cc1ccc(F)cc1)c1cn(C2CNC2)nn1. The number of hydrogen-bond donors (Lipinski definition) is 1. The van der Waals surface area contributed by atoms with E-state index in [-0.39, 0.29) is 18.0 Å². The first kappa shape index (κ1) is 12.0. The maximum Gasteiger partial charge on any atom is 0.189 e. The number of carbonyl (C=O) groups excluding carboxylic acids is 1. The standard InChI is InChI=1S/C13H13FN4O/c14-10-3-1-9(2-4-10)5-13(19)12-8-18(17-16-12)11-6-15-7-11/h1-4,8,11,15H,5-7H2. The second kappa shape index (κ2) is 4.89. The molecule has 1 saturated heterocycles. The molecule has 98 valence electrons. The summed E-state index contributed by atoms with van der Waals surface area (Å²) in [5, 5.41) is 11.0. The number of halogens is 1. The van der Waals surface area contributed by atoms with Gasteiger partial charge in [-0.1, -0.05) is 17.3 Å². The van der Waals surface area contributed by atoms with E-state index < -0.39 is 0 Å². The number of nitrogens with one attached hydrogen (secondary N) is 1.